The molecule has 0 aliphatic carbocycles. The molecule has 42 heavy (non-hydrogen) atoms. The summed E-state index contributed by atoms with van der Waals surface area (Å²) in [6, 6.07) is 19.3. The Kier molecular flexibility index (Phi) is 7.50. The second kappa shape index (κ2) is 11.1. The standard InChI is InChI=1S/C31H23Br2N3O5S/c1-4-41-30(39)24-25(16-8-6-5-7-9-16)34-31-36(26(24)20-15-18(33)11-13-22(20)40-3)29(38)27(42-31)23-19-14-17(32)10-12-21(19)35(2)28(23)37/h5-15,26H,4H2,1-3H3/b27-23+/t26-/m1/s1. The summed E-state index contributed by atoms with van der Waals surface area (Å²) in [6.45, 7) is 1.86. The molecule has 1 aromatic heterocycles. The van der Waals surface area contributed by atoms with Crippen LogP contribution in [0.15, 0.2) is 91.0 Å². The number of esters is 1. The van der Waals surface area contributed by atoms with E-state index in [9.17, 15) is 14.4 Å². The van der Waals surface area contributed by atoms with Gasteiger partial charge in [-0.15, -0.1) is 0 Å². The number of nitrogens with zero attached hydrogens (tertiary/aromatic N) is 3. The first kappa shape index (κ1) is 28.3. The number of fused-ring (bicyclic) bond motifs is 2. The van der Waals surface area contributed by atoms with Crippen molar-refractivity contribution in [2.45, 2.75) is 13.0 Å². The molecule has 1 amide bonds. The number of anilines is 1. The van der Waals surface area contributed by atoms with Gasteiger partial charge in [0, 0.05) is 32.7 Å². The molecule has 6 rings (SSSR count). The quantitative estimate of drug-likeness (QED) is 0.278. The number of hydrogen-bond acceptors (Lipinski definition) is 7. The monoisotopic (exact) mass is 707 g/mol. The second-order valence-corrected chi connectivity index (χ2v) is 12.3. The van der Waals surface area contributed by atoms with Gasteiger partial charge in [-0.1, -0.05) is 73.5 Å². The Morgan fingerprint density at radius 2 is 1.74 bits per heavy atom. The number of benzene rings is 3. The van der Waals surface area contributed by atoms with Gasteiger partial charge >= 0.3 is 5.97 Å². The van der Waals surface area contributed by atoms with E-state index in [1.165, 1.54) is 16.6 Å². The minimum Gasteiger partial charge on any atom is -0.496 e. The number of carbonyl (C=O) groups excluding carboxylic acids is 2. The normalized spacial score (nSPS) is 17.1. The van der Waals surface area contributed by atoms with Gasteiger partial charge in [-0.05, 0) is 43.3 Å². The summed E-state index contributed by atoms with van der Waals surface area (Å²) in [7, 11) is 3.22. The van der Waals surface area contributed by atoms with Gasteiger partial charge in [0.2, 0.25) is 0 Å². The lowest BCUT2D eigenvalue weighted by Crippen LogP contribution is -2.41. The maximum absolute atomic E-state index is 14.5. The van der Waals surface area contributed by atoms with Crippen molar-refractivity contribution in [3.05, 3.63) is 118 Å². The highest BCUT2D eigenvalue weighted by molar-refractivity contribution is 9.10. The number of halogens is 2. The molecule has 0 unspecified atom stereocenters. The van der Waals surface area contributed by atoms with E-state index in [1.807, 2.05) is 60.7 Å². The lowest BCUT2D eigenvalue weighted by Gasteiger charge is -2.27. The number of aromatic nitrogens is 1. The molecule has 0 bridgehead atoms. The van der Waals surface area contributed by atoms with Crippen molar-refractivity contribution in [1.82, 2.24) is 4.57 Å². The fourth-order valence-electron chi connectivity index (χ4n) is 5.32. The Bertz CT molecular complexity index is 2000. The number of thiazole rings is 1. The zero-order valence-electron chi connectivity index (χ0n) is 22.7. The Labute approximate surface area is 261 Å². The van der Waals surface area contributed by atoms with Crippen LogP contribution in [0.3, 0.4) is 0 Å². The highest BCUT2D eigenvalue weighted by atomic mass is 79.9. The van der Waals surface area contributed by atoms with Crippen molar-refractivity contribution in [3.63, 3.8) is 0 Å². The maximum atomic E-state index is 14.5. The molecule has 2 aliphatic heterocycles. The zero-order chi connectivity index (χ0) is 29.7. The van der Waals surface area contributed by atoms with Gasteiger partial charge in [-0.3, -0.25) is 14.2 Å². The number of amides is 1. The molecule has 0 fully saturated rings. The van der Waals surface area contributed by atoms with Crippen molar-refractivity contribution in [3.8, 4) is 5.75 Å². The second-order valence-electron chi connectivity index (χ2n) is 9.54. The van der Waals surface area contributed by atoms with Crippen molar-refractivity contribution in [2.75, 3.05) is 25.7 Å². The van der Waals surface area contributed by atoms with Gasteiger partial charge in [0.05, 0.1) is 36.2 Å². The summed E-state index contributed by atoms with van der Waals surface area (Å²) in [5.41, 5.74) is 3.03. The third kappa shape index (κ3) is 4.56. The van der Waals surface area contributed by atoms with Crippen molar-refractivity contribution in [1.29, 1.82) is 0 Å². The van der Waals surface area contributed by atoms with Crippen molar-refractivity contribution in [2.24, 2.45) is 4.99 Å². The smallest absolute Gasteiger partial charge is 0.338 e. The van der Waals surface area contributed by atoms with E-state index < -0.39 is 17.6 Å². The third-order valence-corrected chi connectivity index (χ3v) is 9.21. The molecule has 1 atom stereocenters. The highest BCUT2D eigenvalue weighted by Gasteiger charge is 2.38. The van der Waals surface area contributed by atoms with E-state index in [1.54, 1.807) is 20.0 Å². The molecule has 4 aromatic rings. The van der Waals surface area contributed by atoms with Crippen molar-refractivity contribution >= 4 is 72.0 Å². The van der Waals surface area contributed by atoms with Crippen LogP contribution >= 0.6 is 43.2 Å². The number of carbonyl (C=O) groups is 2. The molecule has 11 heteroatoms. The predicted octanol–water partition coefficient (Wildman–Crippen LogP) is 4.82. The van der Waals surface area contributed by atoms with Gasteiger partial charge in [-0.25, -0.2) is 9.79 Å². The number of ether oxygens (including phenoxy) is 2. The first-order valence-corrected chi connectivity index (χ1v) is 15.4. The molecule has 212 valence electrons. The van der Waals surface area contributed by atoms with E-state index >= 15 is 0 Å². The molecule has 0 spiro atoms. The van der Waals surface area contributed by atoms with E-state index in [4.69, 9.17) is 14.5 Å². The van der Waals surface area contributed by atoms with Crippen LogP contribution in [0.5, 0.6) is 5.75 Å². The van der Waals surface area contributed by atoms with Gasteiger partial charge < -0.3 is 14.4 Å². The van der Waals surface area contributed by atoms with Crippen LogP contribution in [0.2, 0.25) is 0 Å². The molecule has 8 nitrogen and oxygen atoms in total. The van der Waals surface area contributed by atoms with E-state index in [0.29, 0.717) is 44.2 Å². The third-order valence-electron chi connectivity index (χ3n) is 7.17. The molecule has 0 saturated heterocycles. The topological polar surface area (TPSA) is 90.2 Å². The van der Waals surface area contributed by atoms with Crippen LogP contribution in [-0.4, -0.2) is 37.2 Å². The molecular formula is C31H23Br2N3O5S. The van der Waals surface area contributed by atoms with Crippen molar-refractivity contribution < 1.29 is 19.1 Å². The summed E-state index contributed by atoms with van der Waals surface area (Å²) < 4.78 is 14.5. The maximum Gasteiger partial charge on any atom is 0.338 e. The largest absolute Gasteiger partial charge is 0.496 e. The number of rotatable bonds is 5. The average molecular weight is 709 g/mol. The first-order chi connectivity index (χ1) is 20.2. The molecule has 2 aliphatic rings. The summed E-state index contributed by atoms with van der Waals surface area (Å²) in [6.07, 6.45) is 0. The molecule has 3 heterocycles. The summed E-state index contributed by atoms with van der Waals surface area (Å²) in [5, 5.41) is 0. The van der Waals surface area contributed by atoms with Crippen LogP contribution in [0, 0.1) is 0 Å². The molecule has 0 N–H and O–H groups in total. The lowest BCUT2D eigenvalue weighted by molar-refractivity contribution is -0.138. The van der Waals surface area contributed by atoms with Gasteiger partial charge in [-0.2, -0.15) is 0 Å². The van der Waals surface area contributed by atoms with Crippen LogP contribution in [-0.2, 0) is 14.3 Å². The minimum absolute atomic E-state index is 0.133. The number of likely N-dealkylation sites (N-methyl/N-ethyl adjacent to an activating group) is 1. The summed E-state index contributed by atoms with van der Waals surface area (Å²) >= 11 is 8.16. The predicted molar refractivity (Wildman–Crippen MR) is 168 cm³/mol. The number of methoxy groups -OCH3 is 1. The van der Waals surface area contributed by atoms with Crippen LogP contribution in [0.1, 0.15) is 29.7 Å². The molecular weight excluding hydrogens is 686 g/mol. The Morgan fingerprint density at radius 3 is 2.45 bits per heavy atom. The summed E-state index contributed by atoms with van der Waals surface area (Å²) in [5.74, 6) is -0.419. The van der Waals surface area contributed by atoms with Gasteiger partial charge in [0.1, 0.15) is 16.3 Å². The SMILES string of the molecule is CCOC(=O)C1=C(c2ccccc2)N=c2s/c(=C3/C(=O)N(C)c4ccc(Br)cc43)c(=O)n2[C@@H]1c1cc(Br)ccc1OC. The van der Waals surface area contributed by atoms with Crippen LogP contribution < -0.4 is 24.5 Å². The van der Waals surface area contributed by atoms with E-state index in [0.717, 1.165) is 20.3 Å². The number of hydrogen-bond donors (Lipinski definition) is 0. The lowest BCUT2D eigenvalue weighted by atomic mass is 9.92. The molecule has 0 radical (unpaired) electrons. The fraction of sp³-hybridized carbons (Fsp3) is 0.161. The Hall–Kier alpha value is -3.80. The fourth-order valence-corrected chi connectivity index (χ4v) is 7.15. The van der Waals surface area contributed by atoms with Gasteiger partial charge in [0.15, 0.2) is 4.80 Å². The average Bonchev–Trinajstić information content (AvgIpc) is 3.43. The highest BCUT2D eigenvalue weighted by Crippen LogP contribution is 2.40. The Morgan fingerprint density at radius 1 is 1.02 bits per heavy atom. The van der Waals surface area contributed by atoms with Crippen LogP contribution in [0.4, 0.5) is 5.69 Å². The first-order valence-electron chi connectivity index (χ1n) is 13.0. The molecule has 3 aromatic carbocycles. The summed E-state index contributed by atoms with van der Waals surface area (Å²) in [4.78, 5) is 48.6. The van der Waals surface area contributed by atoms with E-state index in [-0.39, 0.29) is 22.6 Å². The zero-order valence-corrected chi connectivity index (χ0v) is 26.7. The Balaban J connectivity index is 1.76. The van der Waals surface area contributed by atoms with Crippen LogP contribution in [0.25, 0.3) is 11.3 Å². The molecule has 0 saturated carbocycles. The minimum atomic E-state index is -0.950. The van der Waals surface area contributed by atoms with Gasteiger partial charge in [0.25, 0.3) is 11.5 Å². The van der Waals surface area contributed by atoms with E-state index in [2.05, 4.69) is 31.9 Å².